The number of carbonyl (C=O) groups excluding carboxylic acids is 1. The van der Waals surface area contributed by atoms with E-state index in [-0.39, 0.29) is 11.8 Å². The Labute approximate surface area is 120 Å². The van der Waals surface area contributed by atoms with Crippen molar-refractivity contribution in [3.63, 3.8) is 0 Å². The predicted molar refractivity (Wildman–Crippen MR) is 77.0 cm³/mol. The zero-order valence-electron chi connectivity index (χ0n) is 12.8. The number of carbonyl (C=O) groups is 1. The topological polar surface area (TPSA) is 44.8 Å². The fourth-order valence-corrected chi connectivity index (χ4v) is 3.08. The molecule has 1 unspecified atom stereocenters. The summed E-state index contributed by atoms with van der Waals surface area (Å²) in [5.74, 6) is 2.37. The highest BCUT2D eigenvalue weighted by molar-refractivity contribution is 5.89. The molecule has 0 radical (unpaired) electrons. The van der Waals surface area contributed by atoms with Gasteiger partial charge in [0, 0.05) is 17.9 Å². The molecule has 1 aromatic rings. The van der Waals surface area contributed by atoms with E-state index in [0.29, 0.717) is 35.9 Å². The van der Waals surface area contributed by atoms with Crippen LogP contribution < -0.4 is 14.2 Å². The van der Waals surface area contributed by atoms with E-state index in [0.717, 1.165) is 11.1 Å². The van der Waals surface area contributed by atoms with Crippen LogP contribution in [0.1, 0.15) is 37.3 Å². The van der Waals surface area contributed by atoms with Crippen molar-refractivity contribution in [3.05, 3.63) is 17.2 Å². The first kappa shape index (κ1) is 14.7. The van der Waals surface area contributed by atoms with Crippen LogP contribution in [-0.2, 0) is 11.2 Å². The number of fused-ring (bicyclic) bond motifs is 1. The lowest BCUT2D eigenvalue weighted by Gasteiger charge is -2.30. The first-order valence-electron chi connectivity index (χ1n) is 6.89. The van der Waals surface area contributed by atoms with Gasteiger partial charge < -0.3 is 14.2 Å². The van der Waals surface area contributed by atoms with Crippen molar-refractivity contribution < 1.29 is 19.0 Å². The molecule has 0 bridgehead atoms. The highest BCUT2D eigenvalue weighted by Gasteiger charge is 2.34. The maximum absolute atomic E-state index is 12.2. The summed E-state index contributed by atoms with van der Waals surface area (Å²) in [5, 5.41) is 0. The number of ether oxygens (including phenoxy) is 3. The minimum absolute atomic E-state index is 0.0903. The van der Waals surface area contributed by atoms with Crippen molar-refractivity contribution in [2.24, 2.45) is 5.92 Å². The minimum Gasteiger partial charge on any atom is -0.493 e. The molecule has 0 amide bonds. The van der Waals surface area contributed by atoms with E-state index >= 15 is 0 Å². The fraction of sp³-hybridized carbons (Fsp3) is 0.562. The monoisotopic (exact) mass is 278 g/mol. The molecule has 0 saturated carbocycles. The lowest BCUT2D eigenvalue weighted by atomic mass is 9.75. The molecule has 1 aliphatic rings. The third-order valence-corrected chi connectivity index (χ3v) is 3.94. The number of hydrogen-bond donors (Lipinski definition) is 0. The third kappa shape index (κ3) is 2.23. The summed E-state index contributed by atoms with van der Waals surface area (Å²) in [6.45, 7) is 4.14. The average Bonchev–Trinajstić information content (AvgIpc) is 2.44. The molecule has 0 aliphatic heterocycles. The molecule has 1 atom stereocenters. The largest absolute Gasteiger partial charge is 0.493 e. The van der Waals surface area contributed by atoms with Crippen molar-refractivity contribution >= 4 is 5.78 Å². The van der Waals surface area contributed by atoms with Crippen LogP contribution in [0, 0.1) is 5.92 Å². The summed E-state index contributed by atoms with van der Waals surface area (Å²) < 4.78 is 16.3. The Morgan fingerprint density at radius 3 is 2.20 bits per heavy atom. The van der Waals surface area contributed by atoms with E-state index in [1.165, 1.54) is 0 Å². The molecule has 4 nitrogen and oxygen atoms in total. The molecule has 0 N–H and O–H groups in total. The molecule has 4 heteroatoms. The summed E-state index contributed by atoms with van der Waals surface area (Å²) in [5.41, 5.74) is 2.09. The number of methoxy groups -OCH3 is 3. The second-order valence-corrected chi connectivity index (χ2v) is 5.40. The Bertz CT molecular complexity index is 520. The van der Waals surface area contributed by atoms with Crippen LogP contribution in [0.3, 0.4) is 0 Å². The lowest BCUT2D eigenvalue weighted by molar-refractivity contribution is -0.121. The van der Waals surface area contributed by atoms with E-state index in [2.05, 4.69) is 13.8 Å². The second-order valence-electron chi connectivity index (χ2n) is 5.40. The van der Waals surface area contributed by atoms with Crippen LogP contribution in [0.25, 0.3) is 0 Å². The lowest BCUT2D eigenvalue weighted by Crippen LogP contribution is -2.25. The van der Waals surface area contributed by atoms with Gasteiger partial charge in [0.15, 0.2) is 11.5 Å². The zero-order valence-corrected chi connectivity index (χ0v) is 12.8. The van der Waals surface area contributed by atoms with Gasteiger partial charge in [-0.1, -0.05) is 13.8 Å². The molecule has 0 spiro atoms. The van der Waals surface area contributed by atoms with Crippen LogP contribution >= 0.6 is 0 Å². The van der Waals surface area contributed by atoms with Gasteiger partial charge >= 0.3 is 0 Å². The Balaban J connectivity index is 2.69. The highest BCUT2D eigenvalue weighted by Crippen LogP contribution is 2.47. The molecule has 2 rings (SSSR count). The number of rotatable bonds is 4. The van der Waals surface area contributed by atoms with Crippen LogP contribution in [-0.4, -0.2) is 27.1 Å². The Morgan fingerprint density at radius 2 is 1.70 bits per heavy atom. The Morgan fingerprint density at radius 1 is 1.05 bits per heavy atom. The molecular formula is C16H22O4. The van der Waals surface area contributed by atoms with Crippen molar-refractivity contribution in [2.75, 3.05) is 21.3 Å². The standard InChI is InChI=1S/C16H22O4/c1-9(2)14-11-8-13(18-3)16(20-5)15(19-4)10(11)6-7-12(14)17/h8-9,14H,6-7H2,1-5H3. The van der Waals surface area contributed by atoms with Crippen molar-refractivity contribution in [2.45, 2.75) is 32.6 Å². The van der Waals surface area contributed by atoms with Crippen LogP contribution in [0.15, 0.2) is 6.07 Å². The summed E-state index contributed by atoms with van der Waals surface area (Å²) in [4.78, 5) is 12.2. The van der Waals surface area contributed by atoms with Gasteiger partial charge in [-0.05, 0) is 24.0 Å². The maximum Gasteiger partial charge on any atom is 0.203 e. The SMILES string of the molecule is COc1cc2c(c(OC)c1OC)CCC(=O)C2C(C)C. The van der Waals surface area contributed by atoms with Crippen molar-refractivity contribution in [1.29, 1.82) is 0 Å². The second kappa shape index (κ2) is 5.73. The Hall–Kier alpha value is -1.71. The number of hydrogen-bond acceptors (Lipinski definition) is 4. The quantitative estimate of drug-likeness (QED) is 0.849. The van der Waals surface area contributed by atoms with E-state index in [1.807, 2.05) is 6.07 Å². The van der Waals surface area contributed by atoms with E-state index < -0.39 is 0 Å². The molecule has 20 heavy (non-hydrogen) atoms. The van der Waals surface area contributed by atoms with Crippen LogP contribution in [0.5, 0.6) is 17.2 Å². The molecule has 0 heterocycles. The van der Waals surface area contributed by atoms with Gasteiger partial charge in [-0.3, -0.25) is 4.79 Å². The van der Waals surface area contributed by atoms with Crippen LogP contribution in [0.2, 0.25) is 0 Å². The maximum atomic E-state index is 12.2. The van der Waals surface area contributed by atoms with Gasteiger partial charge in [-0.15, -0.1) is 0 Å². The van der Waals surface area contributed by atoms with Gasteiger partial charge in [0.05, 0.1) is 21.3 Å². The Kier molecular flexibility index (Phi) is 4.21. The van der Waals surface area contributed by atoms with Crippen molar-refractivity contribution in [1.82, 2.24) is 0 Å². The minimum atomic E-state index is -0.0903. The highest BCUT2D eigenvalue weighted by atomic mass is 16.5. The fourth-order valence-electron chi connectivity index (χ4n) is 3.08. The summed E-state index contributed by atoms with van der Waals surface area (Å²) in [6.07, 6.45) is 1.25. The molecule has 0 saturated heterocycles. The van der Waals surface area contributed by atoms with E-state index in [1.54, 1.807) is 21.3 Å². The van der Waals surface area contributed by atoms with Crippen LogP contribution in [0.4, 0.5) is 0 Å². The summed E-state index contributed by atoms with van der Waals surface area (Å²) >= 11 is 0. The molecule has 110 valence electrons. The normalized spacial score (nSPS) is 17.9. The zero-order chi connectivity index (χ0) is 14.9. The van der Waals surface area contributed by atoms with Gasteiger partial charge in [0.2, 0.25) is 5.75 Å². The first-order chi connectivity index (χ1) is 9.54. The molecule has 0 fully saturated rings. The van der Waals surface area contributed by atoms with Gasteiger partial charge in [0.1, 0.15) is 5.78 Å². The van der Waals surface area contributed by atoms with E-state index in [4.69, 9.17) is 14.2 Å². The summed E-state index contributed by atoms with van der Waals surface area (Å²) in [6, 6.07) is 1.93. The van der Waals surface area contributed by atoms with Gasteiger partial charge in [-0.25, -0.2) is 0 Å². The predicted octanol–water partition coefficient (Wildman–Crippen LogP) is 2.97. The average molecular weight is 278 g/mol. The van der Waals surface area contributed by atoms with E-state index in [9.17, 15) is 4.79 Å². The van der Waals surface area contributed by atoms with Gasteiger partial charge in [0.25, 0.3) is 0 Å². The van der Waals surface area contributed by atoms with Gasteiger partial charge in [-0.2, -0.15) is 0 Å². The molecule has 0 aromatic heterocycles. The number of benzene rings is 1. The number of ketones is 1. The first-order valence-corrected chi connectivity index (χ1v) is 6.89. The molecule has 1 aromatic carbocycles. The molecular weight excluding hydrogens is 256 g/mol. The smallest absolute Gasteiger partial charge is 0.203 e. The summed E-state index contributed by atoms with van der Waals surface area (Å²) in [7, 11) is 4.82. The van der Waals surface area contributed by atoms with Crippen molar-refractivity contribution in [3.8, 4) is 17.2 Å². The number of Topliss-reactive ketones (excluding diaryl/α,β-unsaturated/α-hetero) is 1. The third-order valence-electron chi connectivity index (χ3n) is 3.94. The molecule has 1 aliphatic carbocycles.